The highest BCUT2D eigenvalue weighted by Gasteiger charge is 2.20. The van der Waals surface area contributed by atoms with Crippen LogP contribution < -0.4 is 15.8 Å². The van der Waals surface area contributed by atoms with Gasteiger partial charge in [0, 0.05) is 18.3 Å². The molecule has 0 amide bonds. The molecular formula is C33H29NO. The molecule has 3 aliphatic rings. The Bertz CT molecular complexity index is 1440. The average molecular weight is 456 g/mol. The molecule has 6 rings (SSSR count). The molecular weight excluding hydrogens is 426 g/mol. The standard InChI is InChI=1S/C27H22O.C6H7N/c28-27(17-10-19-6-2-1-3-7-19)22-12-11-21-14-15-24-23-9-5-4-8-20(23)13-16-25(24)26(21)18-22;1-2-4-6-7-5-3-1/h1-10,14-18,22H,11-13H2;1-7H. The van der Waals surface area contributed by atoms with Crippen LogP contribution >= 0.6 is 0 Å². The van der Waals surface area contributed by atoms with Gasteiger partial charge in [0.25, 0.3) is 0 Å². The third-order valence-corrected chi connectivity index (χ3v) is 6.63. The van der Waals surface area contributed by atoms with E-state index in [0.717, 1.165) is 24.8 Å². The van der Waals surface area contributed by atoms with Crippen LogP contribution in [0.4, 0.5) is 0 Å². The number of ketones is 1. The van der Waals surface area contributed by atoms with Crippen LogP contribution in [0.2, 0.25) is 0 Å². The first-order valence-electron chi connectivity index (χ1n) is 12.2. The highest BCUT2D eigenvalue weighted by atomic mass is 16.1. The third-order valence-electron chi connectivity index (χ3n) is 6.63. The zero-order valence-corrected chi connectivity index (χ0v) is 19.7. The first kappa shape index (κ1) is 22.6. The number of benzene rings is 3. The van der Waals surface area contributed by atoms with E-state index >= 15 is 0 Å². The van der Waals surface area contributed by atoms with E-state index < -0.39 is 0 Å². The fourth-order valence-electron chi connectivity index (χ4n) is 4.82. The summed E-state index contributed by atoms with van der Waals surface area (Å²) < 4.78 is 0. The van der Waals surface area contributed by atoms with Gasteiger partial charge in [0.05, 0.1) is 0 Å². The van der Waals surface area contributed by atoms with Crippen LogP contribution in [0.25, 0.3) is 29.4 Å². The van der Waals surface area contributed by atoms with E-state index in [1.54, 1.807) is 6.08 Å². The van der Waals surface area contributed by atoms with Gasteiger partial charge in [-0.05, 0) is 75.7 Å². The zero-order valence-electron chi connectivity index (χ0n) is 19.7. The van der Waals surface area contributed by atoms with Crippen molar-refractivity contribution >= 4 is 24.0 Å². The van der Waals surface area contributed by atoms with E-state index in [-0.39, 0.29) is 11.7 Å². The molecule has 1 aliphatic heterocycles. The molecule has 0 spiro atoms. The maximum Gasteiger partial charge on any atom is 0.162 e. The van der Waals surface area contributed by atoms with E-state index in [0.29, 0.717) is 0 Å². The van der Waals surface area contributed by atoms with Gasteiger partial charge in [0.2, 0.25) is 0 Å². The SMILES string of the molecule is C1=CC=CNC=C1.O=C(C=Cc1ccccc1)C1C=c2c(ccc3c2=CCc2ccccc2-3)CC1. The largest absolute Gasteiger partial charge is 0.368 e. The van der Waals surface area contributed by atoms with Gasteiger partial charge in [-0.2, -0.15) is 0 Å². The van der Waals surface area contributed by atoms with Gasteiger partial charge < -0.3 is 5.32 Å². The quantitative estimate of drug-likeness (QED) is 0.529. The summed E-state index contributed by atoms with van der Waals surface area (Å²) in [6.07, 6.45) is 22.6. The predicted molar refractivity (Wildman–Crippen MR) is 147 cm³/mol. The average Bonchev–Trinajstić information content (AvgIpc) is 3.25. The maximum atomic E-state index is 12.8. The van der Waals surface area contributed by atoms with Gasteiger partial charge in [0.15, 0.2) is 5.78 Å². The number of allylic oxidation sites excluding steroid dienone is 5. The van der Waals surface area contributed by atoms with E-state index in [9.17, 15) is 4.79 Å². The second-order valence-corrected chi connectivity index (χ2v) is 8.89. The Morgan fingerprint density at radius 3 is 2.37 bits per heavy atom. The molecule has 1 atom stereocenters. The number of hydrogen-bond acceptors (Lipinski definition) is 2. The molecule has 1 unspecified atom stereocenters. The summed E-state index contributed by atoms with van der Waals surface area (Å²) in [4.78, 5) is 12.8. The molecule has 2 heteroatoms. The molecule has 0 saturated heterocycles. The Balaban J connectivity index is 0.000000313. The summed E-state index contributed by atoms with van der Waals surface area (Å²) >= 11 is 0. The van der Waals surface area contributed by atoms with E-state index in [2.05, 4.69) is 53.9 Å². The van der Waals surface area contributed by atoms with Crippen molar-refractivity contribution in [3.8, 4) is 11.1 Å². The Kier molecular flexibility index (Phi) is 7.00. The minimum Gasteiger partial charge on any atom is -0.368 e. The van der Waals surface area contributed by atoms with Gasteiger partial charge in [-0.1, -0.05) is 97.1 Å². The van der Waals surface area contributed by atoms with Gasteiger partial charge in [-0.15, -0.1) is 0 Å². The van der Waals surface area contributed by atoms with E-state index in [1.807, 2.05) is 73.1 Å². The molecule has 0 bridgehead atoms. The number of nitrogens with one attached hydrogen (secondary N) is 1. The van der Waals surface area contributed by atoms with Crippen molar-refractivity contribution in [2.45, 2.75) is 19.3 Å². The number of rotatable bonds is 3. The molecule has 35 heavy (non-hydrogen) atoms. The first-order chi connectivity index (χ1) is 17.3. The molecule has 2 aliphatic carbocycles. The molecule has 0 aromatic heterocycles. The van der Waals surface area contributed by atoms with Crippen LogP contribution in [0.3, 0.4) is 0 Å². The smallest absolute Gasteiger partial charge is 0.162 e. The van der Waals surface area contributed by atoms with Crippen LogP contribution in [0.5, 0.6) is 0 Å². The van der Waals surface area contributed by atoms with Crippen LogP contribution in [-0.2, 0) is 17.6 Å². The van der Waals surface area contributed by atoms with Crippen LogP contribution in [0, 0.1) is 5.92 Å². The minimum absolute atomic E-state index is 0.0375. The van der Waals surface area contributed by atoms with E-state index in [1.165, 1.54) is 32.7 Å². The number of carbonyl (C=O) groups is 1. The van der Waals surface area contributed by atoms with Crippen molar-refractivity contribution in [3.05, 3.63) is 137 Å². The molecule has 0 saturated carbocycles. The summed E-state index contributed by atoms with van der Waals surface area (Å²) in [5, 5.41) is 5.50. The van der Waals surface area contributed by atoms with Crippen molar-refractivity contribution in [2.24, 2.45) is 5.92 Å². The van der Waals surface area contributed by atoms with Crippen molar-refractivity contribution in [2.75, 3.05) is 0 Å². The van der Waals surface area contributed by atoms with E-state index in [4.69, 9.17) is 0 Å². The minimum atomic E-state index is -0.0375. The van der Waals surface area contributed by atoms with Crippen LogP contribution in [0.15, 0.2) is 110 Å². The van der Waals surface area contributed by atoms with Crippen molar-refractivity contribution in [1.82, 2.24) is 5.32 Å². The molecule has 3 aromatic rings. The predicted octanol–water partition coefficient (Wildman–Crippen LogP) is 5.49. The highest BCUT2D eigenvalue weighted by Crippen LogP contribution is 2.25. The monoisotopic (exact) mass is 455 g/mol. The highest BCUT2D eigenvalue weighted by molar-refractivity contribution is 5.99. The van der Waals surface area contributed by atoms with Crippen LogP contribution in [-0.4, -0.2) is 5.78 Å². The fraction of sp³-hybridized carbons (Fsp3) is 0.121. The van der Waals surface area contributed by atoms with Gasteiger partial charge in [-0.3, -0.25) is 4.79 Å². The van der Waals surface area contributed by atoms with Crippen molar-refractivity contribution in [1.29, 1.82) is 0 Å². The summed E-state index contributed by atoms with van der Waals surface area (Å²) in [5.41, 5.74) is 6.43. The second-order valence-electron chi connectivity index (χ2n) is 8.89. The Hall–Kier alpha value is -4.17. The molecule has 0 fully saturated rings. The lowest BCUT2D eigenvalue weighted by Crippen LogP contribution is -2.36. The number of carbonyl (C=O) groups excluding carboxylic acids is 1. The lowest BCUT2D eigenvalue weighted by atomic mass is 9.83. The lowest BCUT2D eigenvalue weighted by molar-refractivity contribution is -0.116. The topological polar surface area (TPSA) is 29.1 Å². The Morgan fingerprint density at radius 2 is 1.54 bits per heavy atom. The van der Waals surface area contributed by atoms with Crippen LogP contribution in [0.1, 0.15) is 23.1 Å². The summed E-state index contributed by atoms with van der Waals surface area (Å²) in [5.74, 6) is 0.160. The Morgan fingerprint density at radius 1 is 0.771 bits per heavy atom. The molecule has 0 radical (unpaired) electrons. The number of fused-ring (bicyclic) bond motifs is 5. The summed E-state index contributed by atoms with van der Waals surface area (Å²) in [6.45, 7) is 0. The number of hydrogen-bond donors (Lipinski definition) is 1. The van der Waals surface area contributed by atoms with Gasteiger partial charge in [-0.25, -0.2) is 0 Å². The molecule has 172 valence electrons. The maximum absolute atomic E-state index is 12.8. The summed E-state index contributed by atoms with van der Waals surface area (Å²) in [6, 6.07) is 23.2. The zero-order chi connectivity index (χ0) is 23.9. The Labute approximate surface area is 207 Å². The van der Waals surface area contributed by atoms with Gasteiger partial charge >= 0.3 is 0 Å². The summed E-state index contributed by atoms with van der Waals surface area (Å²) in [7, 11) is 0. The van der Waals surface area contributed by atoms with Crippen molar-refractivity contribution in [3.63, 3.8) is 0 Å². The molecule has 1 heterocycles. The second kappa shape index (κ2) is 10.8. The van der Waals surface area contributed by atoms with Gasteiger partial charge in [0.1, 0.15) is 0 Å². The normalized spacial score (nSPS) is 16.9. The molecule has 2 nitrogen and oxygen atoms in total. The molecule has 3 aromatic carbocycles. The lowest BCUT2D eigenvalue weighted by Gasteiger charge is -2.20. The molecule has 1 N–H and O–H groups in total. The first-order valence-corrected chi connectivity index (χ1v) is 12.2. The fourth-order valence-corrected chi connectivity index (χ4v) is 4.82. The number of aryl methyl sites for hydroxylation is 1. The third kappa shape index (κ3) is 5.33. The van der Waals surface area contributed by atoms with Crippen molar-refractivity contribution < 1.29 is 4.79 Å².